The monoisotopic (exact) mass is 485 g/mol. The number of hydrogen-bond acceptors (Lipinski definition) is 7. The van der Waals surface area contributed by atoms with Crippen LogP contribution in [0.4, 0.5) is 5.13 Å². The number of rotatable bonds is 9. The van der Waals surface area contributed by atoms with Gasteiger partial charge in [-0.3, -0.25) is 9.69 Å². The lowest BCUT2D eigenvalue weighted by Gasteiger charge is -2.22. The molecule has 2 aromatic carbocycles. The number of anilines is 1. The zero-order valence-corrected chi connectivity index (χ0v) is 20.1. The van der Waals surface area contributed by atoms with Crippen LogP contribution in [0.5, 0.6) is 17.2 Å². The summed E-state index contributed by atoms with van der Waals surface area (Å²) in [4.78, 5) is 21.4. The molecule has 0 N–H and O–H groups in total. The Morgan fingerprint density at radius 1 is 1.03 bits per heavy atom. The minimum absolute atomic E-state index is 0. The SMILES string of the molecule is COc1ccc(OC)c2sc(N(CCN(C)C)C(=O)COc3ccc(Cl)cc3)nc12.Cl. The summed E-state index contributed by atoms with van der Waals surface area (Å²) in [7, 11) is 7.11. The molecule has 0 saturated carbocycles. The second-order valence-electron chi connectivity index (χ2n) is 6.74. The van der Waals surface area contributed by atoms with Crippen molar-refractivity contribution in [2.75, 3.05) is 52.9 Å². The third-order valence-corrected chi connectivity index (χ3v) is 5.72. The Labute approximate surface area is 196 Å². The first-order chi connectivity index (χ1) is 14.4. The summed E-state index contributed by atoms with van der Waals surface area (Å²) in [6.07, 6.45) is 0. The number of ether oxygens (including phenoxy) is 3. The predicted molar refractivity (Wildman–Crippen MR) is 128 cm³/mol. The molecule has 1 aromatic heterocycles. The van der Waals surface area contributed by atoms with E-state index in [0.717, 1.165) is 4.70 Å². The number of nitrogens with zero attached hydrogens (tertiary/aromatic N) is 3. The van der Waals surface area contributed by atoms with Crippen LogP contribution in [0, 0.1) is 0 Å². The molecular formula is C21H25Cl2N3O4S. The molecule has 0 spiro atoms. The maximum absolute atomic E-state index is 13.0. The van der Waals surface area contributed by atoms with E-state index in [4.69, 9.17) is 25.8 Å². The largest absolute Gasteiger partial charge is 0.495 e. The molecule has 0 radical (unpaired) electrons. The van der Waals surface area contributed by atoms with Gasteiger partial charge in [0, 0.05) is 18.1 Å². The number of likely N-dealkylation sites (N-methyl/N-ethyl adjacent to an activating group) is 1. The Bertz CT molecular complexity index is 971. The van der Waals surface area contributed by atoms with Crippen molar-refractivity contribution >= 4 is 56.6 Å². The van der Waals surface area contributed by atoms with Gasteiger partial charge in [-0.1, -0.05) is 22.9 Å². The first kappa shape index (κ1) is 25.0. The van der Waals surface area contributed by atoms with Gasteiger partial charge in [-0.2, -0.15) is 0 Å². The summed E-state index contributed by atoms with van der Waals surface area (Å²) >= 11 is 7.29. The van der Waals surface area contributed by atoms with Gasteiger partial charge in [-0.05, 0) is 50.5 Å². The van der Waals surface area contributed by atoms with Crippen molar-refractivity contribution in [2.24, 2.45) is 0 Å². The Morgan fingerprint density at radius 2 is 1.68 bits per heavy atom. The average molecular weight is 486 g/mol. The smallest absolute Gasteiger partial charge is 0.266 e. The molecule has 3 aromatic rings. The number of benzene rings is 2. The second kappa shape index (κ2) is 11.4. The van der Waals surface area contributed by atoms with E-state index in [1.165, 1.54) is 11.3 Å². The standard InChI is InChI=1S/C21H24ClN3O4S.ClH/c1-24(2)11-12-25(18(26)13-29-15-7-5-14(22)6-8-15)21-23-19-16(27-3)9-10-17(28-4)20(19)30-21;/h5-10H,11-13H2,1-4H3;1H. The van der Waals surface area contributed by atoms with Gasteiger partial charge >= 0.3 is 0 Å². The molecule has 0 bridgehead atoms. The van der Waals surface area contributed by atoms with Crippen LogP contribution < -0.4 is 19.1 Å². The molecule has 7 nitrogen and oxygen atoms in total. The third kappa shape index (κ3) is 6.13. The molecule has 10 heteroatoms. The first-order valence-corrected chi connectivity index (χ1v) is 10.5. The Morgan fingerprint density at radius 3 is 2.29 bits per heavy atom. The molecule has 0 saturated heterocycles. The minimum atomic E-state index is -0.191. The molecule has 0 aliphatic rings. The molecule has 3 rings (SSSR count). The lowest BCUT2D eigenvalue weighted by molar-refractivity contribution is -0.120. The van der Waals surface area contributed by atoms with Crippen LogP contribution in [0.15, 0.2) is 36.4 Å². The van der Waals surface area contributed by atoms with Gasteiger partial charge in [0.05, 0.1) is 14.2 Å². The normalized spacial score (nSPS) is 10.6. The number of thiazole rings is 1. The van der Waals surface area contributed by atoms with Crippen LogP contribution in [0.25, 0.3) is 10.2 Å². The van der Waals surface area contributed by atoms with Crippen molar-refractivity contribution in [3.05, 3.63) is 41.4 Å². The molecule has 0 aliphatic carbocycles. The van der Waals surface area contributed by atoms with Gasteiger partial charge < -0.3 is 19.1 Å². The number of halogens is 2. The first-order valence-electron chi connectivity index (χ1n) is 9.28. The topological polar surface area (TPSA) is 64.1 Å². The van der Waals surface area contributed by atoms with Crippen LogP contribution in [-0.2, 0) is 4.79 Å². The summed E-state index contributed by atoms with van der Waals surface area (Å²) in [6.45, 7) is 1.04. The molecule has 0 atom stereocenters. The fourth-order valence-corrected chi connectivity index (χ4v) is 4.01. The van der Waals surface area contributed by atoms with Gasteiger partial charge in [0.2, 0.25) is 0 Å². The maximum Gasteiger partial charge on any atom is 0.266 e. The van der Waals surface area contributed by atoms with Gasteiger partial charge in [0.15, 0.2) is 11.7 Å². The fourth-order valence-electron chi connectivity index (χ4n) is 2.77. The predicted octanol–water partition coefficient (Wildman–Crippen LogP) is 4.36. The van der Waals surface area contributed by atoms with E-state index in [-0.39, 0.29) is 24.9 Å². The van der Waals surface area contributed by atoms with Gasteiger partial charge in [-0.15, -0.1) is 12.4 Å². The second-order valence-corrected chi connectivity index (χ2v) is 8.15. The van der Waals surface area contributed by atoms with Crippen LogP contribution >= 0.6 is 35.3 Å². The highest BCUT2D eigenvalue weighted by Gasteiger charge is 2.23. The van der Waals surface area contributed by atoms with Crippen LogP contribution in [-0.4, -0.2) is 63.8 Å². The summed E-state index contributed by atoms with van der Waals surface area (Å²) in [5.74, 6) is 1.70. The number of carbonyl (C=O) groups is 1. The molecule has 168 valence electrons. The number of hydrogen-bond donors (Lipinski definition) is 0. The van der Waals surface area contributed by atoms with Crippen LogP contribution in [0.3, 0.4) is 0 Å². The van der Waals surface area contributed by atoms with Crippen molar-refractivity contribution in [2.45, 2.75) is 0 Å². The number of fused-ring (bicyclic) bond motifs is 1. The van der Waals surface area contributed by atoms with Crippen LogP contribution in [0.1, 0.15) is 0 Å². The van der Waals surface area contributed by atoms with Crippen LogP contribution in [0.2, 0.25) is 5.02 Å². The van der Waals surface area contributed by atoms with E-state index >= 15 is 0 Å². The summed E-state index contributed by atoms with van der Waals surface area (Å²) in [5.41, 5.74) is 0.665. The third-order valence-electron chi connectivity index (χ3n) is 4.38. The zero-order valence-electron chi connectivity index (χ0n) is 17.8. The number of carbonyl (C=O) groups excluding carboxylic acids is 1. The van der Waals surface area contributed by atoms with E-state index in [9.17, 15) is 4.79 Å². The van der Waals surface area contributed by atoms with E-state index in [1.807, 2.05) is 25.1 Å². The van der Waals surface area contributed by atoms with Gasteiger partial charge in [0.1, 0.15) is 27.5 Å². The lowest BCUT2D eigenvalue weighted by Crippen LogP contribution is -2.39. The van der Waals surface area contributed by atoms with Gasteiger partial charge in [0.25, 0.3) is 5.91 Å². The van der Waals surface area contributed by atoms with Crippen molar-refractivity contribution < 1.29 is 19.0 Å². The quantitative estimate of drug-likeness (QED) is 0.448. The van der Waals surface area contributed by atoms with E-state index < -0.39 is 0 Å². The molecule has 31 heavy (non-hydrogen) atoms. The highest BCUT2D eigenvalue weighted by molar-refractivity contribution is 7.22. The summed E-state index contributed by atoms with van der Waals surface area (Å²) in [6, 6.07) is 10.5. The van der Waals surface area contributed by atoms with Gasteiger partial charge in [-0.25, -0.2) is 4.98 Å². The maximum atomic E-state index is 13.0. The summed E-state index contributed by atoms with van der Waals surface area (Å²) < 4.78 is 17.4. The highest BCUT2D eigenvalue weighted by Crippen LogP contribution is 2.40. The highest BCUT2D eigenvalue weighted by atomic mass is 35.5. The van der Waals surface area contributed by atoms with E-state index in [2.05, 4.69) is 4.98 Å². The molecule has 1 amide bonds. The van der Waals surface area contributed by atoms with E-state index in [0.29, 0.717) is 46.0 Å². The lowest BCUT2D eigenvalue weighted by atomic mass is 10.3. The number of aromatic nitrogens is 1. The molecule has 1 heterocycles. The molecule has 0 aliphatic heterocycles. The average Bonchev–Trinajstić information content (AvgIpc) is 3.17. The summed E-state index contributed by atoms with van der Waals surface area (Å²) in [5, 5.41) is 1.18. The van der Waals surface area contributed by atoms with Crippen molar-refractivity contribution in [3.63, 3.8) is 0 Å². The van der Waals surface area contributed by atoms with Crippen molar-refractivity contribution in [1.82, 2.24) is 9.88 Å². The Kier molecular flexibility index (Phi) is 9.18. The zero-order chi connectivity index (χ0) is 21.7. The molecule has 0 unspecified atom stereocenters. The number of amides is 1. The van der Waals surface area contributed by atoms with Crippen molar-refractivity contribution in [3.8, 4) is 17.2 Å². The van der Waals surface area contributed by atoms with E-state index in [1.54, 1.807) is 49.5 Å². The molecular weight excluding hydrogens is 461 g/mol. The fraction of sp³-hybridized carbons (Fsp3) is 0.333. The minimum Gasteiger partial charge on any atom is -0.495 e. The molecule has 0 fully saturated rings. The van der Waals surface area contributed by atoms with Crippen molar-refractivity contribution in [1.29, 1.82) is 0 Å². The number of methoxy groups -OCH3 is 2. The Balaban J connectivity index is 0.00000341. The Hall–Kier alpha value is -2.26.